The van der Waals surface area contributed by atoms with E-state index in [-0.39, 0.29) is 11.9 Å². The Kier molecular flexibility index (Phi) is 6.98. The van der Waals surface area contributed by atoms with Crippen LogP contribution in [0.3, 0.4) is 0 Å². The van der Waals surface area contributed by atoms with Crippen molar-refractivity contribution >= 4 is 5.91 Å². The Morgan fingerprint density at radius 2 is 2.10 bits per heavy atom. The SMILES string of the molecule is CCC(C)CC(C)NC(=O)c1ccc(C)cc1C#CCN. The largest absolute Gasteiger partial charge is 0.350 e. The van der Waals surface area contributed by atoms with Crippen molar-refractivity contribution in [2.45, 2.75) is 46.6 Å². The van der Waals surface area contributed by atoms with Crippen LogP contribution in [0.1, 0.15) is 55.1 Å². The lowest BCUT2D eigenvalue weighted by molar-refractivity contribution is 0.0935. The molecule has 2 atom stereocenters. The molecule has 0 bridgehead atoms. The van der Waals surface area contributed by atoms with Crippen LogP contribution in [0.25, 0.3) is 0 Å². The fourth-order valence-electron chi connectivity index (χ4n) is 2.24. The van der Waals surface area contributed by atoms with Gasteiger partial charge in [0.2, 0.25) is 0 Å². The van der Waals surface area contributed by atoms with Gasteiger partial charge in [0.15, 0.2) is 0 Å². The van der Waals surface area contributed by atoms with Crippen molar-refractivity contribution in [3.8, 4) is 11.8 Å². The second-order valence-corrected chi connectivity index (χ2v) is 5.68. The summed E-state index contributed by atoms with van der Waals surface area (Å²) in [5.74, 6) is 6.35. The first kappa shape index (κ1) is 17.3. The molecule has 0 aromatic heterocycles. The topological polar surface area (TPSA) is 55.1 Å². The predicted octanol–water partition coefficient (Wildman–Crippen LogP) is 2.86. The Labute approximate surface area is 128 Å². The smallest absolute Gasteiger partial charge is 0.252 e. The monoisotopic (exact) mass is 286 g/mol. The van der Waals surface area contributed by atoms with Crippen molar-refractivity contribution in [1.29, 1.82) is 0 Å². The minimum Gasteiger partial charge on any atom is -0.350 e. The van der Waals surface area contributed by atoms with E-state index in [1.54, 1.807) is 0 Å². The molecular weight excluding hydrogens is 260 g/mol. The van der Waals surface area contributed by atoms with Crippen LogP contribution >= 0.6 is 0 Å². The molecule has 0 saturated heterocycles. The molecule has 0 spiro atoms. The van der Waals surface area contributed by atoms with Crippen molar-refractivity contribution in [2.24, 2.45) is 11.7 Å². The van der Waals surface area contributed by atoms with Crippen LogP contribution < -0.4 is 11.1 Å². The Hall–Kier alpha value is -1.79. The molecule has 114 valence electrons. The molecule has 3 heteroatoms. The lowest BCUT2D eigenvalue weighted by Crippen LogP contribution is -2.34. The minimum atomic E-state index is -0.0628. The first-order valence-electron chi connectivity index (χ1n) is 7.58. The summed E-state index contributed by atoms with van der Waals surface area (Å²) >= 11 is 0. The van der Waals surface area contributed by atoms with E-state index in [1.807, 2.05) is 32.0 Å². The van der Waals surface area contributed by atoms with Gasteiger partial charge < -0.3 is 11.1 Å². The average molecular weight is 286 g/mol. The van der Waals surface area contributed by atoms with E-state index >= 15 is 0 Å². The highest BCUT2D eigenvalue weighted by Crippen LogP contribution is 2.13. The van der Waals surface area contributed by atoms with Gasteiger partial charge in [0.1, 0.15) is 0 Å². The van der Waals surface area contributed by atoms with Crippen LogP contribution in [-0.2, 0) is 0 Å². The van der Waals surface area contributed by atoms with Crippen LogP contribution in [0.5, 0.6) is 0 Å². The normalized spacial score (nSPS) is 13.0. The maximum Gasteiger partial charge on any atom is 0.252 e. The van der Waals surface area contributed by atoms with Gasteiger partial charge in [0.05, 0.1) is 12.1 Å². The molecular formula is C18H26N2O. The van der Waals surface area contributed by atoms with Crippen molar-refractivity contribution in [3.05, 3.63) is 34.9 Å². The molecule has 0 aliphatic rings. The maximum atomic E-state index is 12.4. The Morgan fingerprint density at radius 1 is 1.38 bits per heavy atom. The highest BCUT2D eigenvalue weighted by atomic mass is 16.1. The number of hydrogen-bond donors (Lipinski definition) is 2. The second kappa shape index (κ2) is 8.49. The van der Waals surface area contributed by atoms with Gasteiger partial charge in [-0.15, -0.1) is 0 Å². The van der Waals surface area contributed by atoms with Gasteiger partial charge in [-0.3, -0.25) is 4.79 Å². The molecule has 1 aromatic carbocycles. The van der Waals surface area contributed by atoms with E-state index in [9.17, 15) is 4.79 Å². The molecule has 0 aliphatic heterocycles. The molecule has 1 amide bonds. The first-order chi connectivity index (χ1) is 9.97. The fraction of sp³-hybridized carbons (Fsp3) is 0.500. The lowest BCUT2D eigenvalue weighted by Gasteiger charge is -2.18. The van der Waals surface area contributed by atoms with E-state index in [2.05, 4.69) is 31.0 Å². The third-order valence-corrected chi connectivity index (χ3v) is 3.58. The summed E-state index contributed by atoms with van der Waals surface area (Å²) in [6.07, 6.45) is 2.11. The van der Waals surface area contributed by atoms with E-state index in [0.29, 0.717) is 18.0 Å². The first-order valence-corrected chi connectivity index (χ1v) is 7.58. The average Bonchev–Trinajstić information content (AvgIpc) is 2.44. The molecule has 0 radical (unpaired) electrons. The van der Waals surface area contributed by atoms with Gasteiger partial charge in [-0.25, -0.2) is 0 Å². The second-order valence-electron chi connectivity index (χ2n) is 5.68. The van der Waals surface area contributed by atoms with Crippen LogP contribution in [0.4, 0.5) is 0 Å². The highest BCUT2D eigenvalue weighted by Gasteiger charge is 2.14. The zero-order valence-corrected chi connectivity index (χ0v) is 13.5. The van der Waals surface area contributed by atoms with Gasteiger partial charge in [-0.1, -0.05) is 38.2 Å². The molecule has 1 rings (SSSR count). The van der Waals surface area contributed by atoms with Crippen LogP contribution in [-0.4, -0.2) is 18.5 Å². The number of nitrogens with one attached hydrogen (secondary N) is 1. The molecule has 3 nitrogen and oxygen atoms in total. The zero-order valence-electron chi connectivity index (χ0n) is 13.5. The standard InChI is InChI=1S/C18H26N2O/c1-5-13(2)11-15(4)20-18(21)17-9-8-14(3)12-16(17)7-6-10-19/h8-9,12-13,15H,5,10-11,19H2,1-4H3,(H,20,21). The Bertz CT molecular complexity index is 540. The molecule has 0 saturated carbocycles. The van der Waals surface area contributed by atoms with Crippen molar-refractivity contribution in [2.75, 3.05) is 6.54 Å². The number of carbonyl (C=O) groups excluding carboxylic acids is 1. The van der Waals surface area contributed by atoms with Gasteiger partial charge in [-0.2, -0.15) is 0 Å². The van der Waals surface area contributed by atoms with Gasteiger partial charge in [0.25, 0.3) is 5.91 Å². The Morgan fingerprint density at radius 3 is 2.71 bits per heavy atom. The maximum absolute atomic E-state index is 12.4. The summed E-state index contributed by atoms with van der Waals surface area (Å²) in [4.78, 5) is 12.4. The number of hydrogen-bond acceptors (Lipinski definition) is 2. The third-order valence-electron chi connectivity index (χ3n) is 3.58. The quantitative estimate of drug-likeness (QED) is 0.818. The predicted molar refractivity (Wildman–Crippen MR) is 88.1 cm³/mol. The Balaban J connectivity index is 2.87. The third kappa shape index (κ3) is 5.61. The molecule has 0 aliphatic carbocycles. The van der Waals surface area contributed by atoms with Gasteiger partial charge in [-0.05, 0) is 43.9 Å². The van der Waals surface area contributed by atoms with E-state index in [1.165, 1.54) is 0 Å². The molecule has 21 heavy (non-hydrogen) atoms. The molecule has 3 N–H and O–H groups in total. The summed E-state index contributed by atoms with van der Waals surface area (Å²) in [6.45, 7) is 8.69. The number of rotatable bonds is 5. The van der Waals surface area contributed by atoms with E-state index < -0.39 is 0 Å². The molecule has 2 unspecified atom stereocenters. The minimum absolute atomic E-state index is 0.0628. The van der Waals surface area contributed by atoms with Gasteiger partial charge >= 0.3 is 0 Å². The summed E-state index contributed by atoms with van der Waals surface area (Å²) < 4.78 is 0. The van der Waals surface area contributed by atoms with E-state index in [0.717, 1.165) is 24.0 Å². The van der Waals surface area contributed by atoms with E-state index in [4.69, 9.17) is 5.73 Å². The van der Waals surface area contributed by atoms with Crippen LogP contribution in [0.2, 0.25) is 0 Å². The summed E-state index contributed by atoms with van der Waals surface area (Å²) in [5.41, 5.74) is 7.87. The number of nitrogens with two attached hydrogens (primary N) is 1. The van der Waals surface area contributed by atoms with Gasteiger partial charge in [0, 0.05) is 11.6 Å². The summed E-state index contributed by atoms with van der Waals surface area (Å²) in [7, 11) is 0. The number of amides is 1. The fourth-order valence-corrected chi connectivity index (χ4v) is 2.24. The zero-order chi connectivity index (χ0) is 15.8. The molecule has 0 fully saturated rings. The highest BCUT2D eigenvalue weighted by molar-refractivity contribution is 5.97. The number of carbonyl (C=O) groups is 1. The lowest BCUT2D eigenvalue weighted by atomic mass is 9.99. The molecule has 1 aromatic rings. The van der Waals surface area contributed by atoms with Crippen LogP contribution in [0, 0.1) is 24.7 Å². The summed E-state index contributed by atoms with van der Waals surface area (Å²) in [5, 5.41) is 3.06. The number of benzene rings is 1. The summed E-state index contributed by atoms with van der Waals surface area (Å²) in [6, 6.07) is 5.85. The van der Waals surface area contributed by atoms with Crippen molar-refractivity contribution < 1.29 is 4.79 Å². The van der Waals surface area contributed by atoms with Crippen LogP contribution in [0.15, 0.2) is 18.2 Å². The number of aryl methyl sites for hydroxylation is 1. The van der Waals surface area contributed by atoms with Crippen molar-refractivity contribution in [1.82, 2.24) is 5.32 Å². The van der Waals surface area contributed by atoms with Crippen molar-refractivity contribution in [3.63, 3.8) is 0 Å². The molecule has 0 heterocycles.